The Morgan fingerprint density at radius 2 is 1.72 bits per heavy atom. The average molecular weight is 392 g/mol. The van der Waals surface area contributed by atoms with E-state index in [-0.39, 0.29) is 23.8 Å². The number of hydrogen-bond acceptors (Lipinski definition) is 3. The number of amides is 2. The lowest BCUT2D eigenvalue weighted by Crippen LogP contribution is -2.36. The summed E-state index contributed by atoms with van der Waals surface area (Å²) in [4.78, 5) is 29.1. The number of aryl methyl sites for hydroxylation is 1. The van der Waals surface area contributed by atoms with Gasteiger partial charge in [0.2, 0.25) is 11.8 Å². The van der Waals surface area contributed by atoms with Gasteiger partial charge in [-0.15, -0.1) is 0 Å². The molecule has 0 aromatic heterocycles. The van der Waals surface area contributed by atoms with Gasteiger partial charge in [-0.1, -0.05) is 42.5 Å². The van der Waals surface area contributed by atoms with Crippen LogP contribution in [0.5, 0.6) is 5.75 Å². The molecule has 2 amide bonds. The van der Waals surface area contributed by atoms with E-state index in [0.29, 0.717) is 12.3 Å². The Morgan fingerprint density at radius 1 is 1.00 bits per heavy atom. The zero-order chi connectivity index (χ0) is 20.4. The van der Waals surface area contributed by atoms with E-state index >= 15 is 0 Å². The molecule has 2 aliphatic rings. The first-order valence-corrected chi connectivity index (χ1v) is 10.3. The Bertz CT molecular complexity index is 865. The van der Waals surface area contributed by atoms with Gasteiger partial charge in [-0.05, 0) is 29.7 Å². The average Bonchev–Trinajstić information content (AvgIpc) is 3.31. The van der Waals surface area contributed by atoms with Crippen LogP contribution in [0.3, 0.4) is 0 Å². The van der Waals surface area contributed by atoms with Gasteiger partial charge in [0, 0.05) is 44.8 Å². The number of nitrogens with zero attached hydrogens (tertiary/aromatic N) is 2. The first kappa shape index (κ1) is 19.5. The van der Waals surface area contributed by atoms with Crippen molar-refractivity contribution in [3.63, 3.8) is 0 Å². The third-order valence-corrected chi connectivity index (χ3v) is 6.35. The molecule has 5 heteroatoms. The molecule has 0 saturated carbocycles. The molecule has 3 atom stereocenters. The number of methoxy groups -OCH3 is 1. The van der Waals surface area contributed by atoms with Crippen molar-refractivity contribution in [3.05, 3.63) is 65.7 Å². The first-order valence-electron chi connectivity index (χ1n) is 10.3. The highest BCUT2D eigenvalue weighted by Gasteiger charge is 2.49. The maximum Gasteiger partial charge on any atom is 0.222 e. The minimum Gasteiger partial charge on any atom is -0.497 e. The van der Waals surface area contributed by atoms with Gasteiger partial charge < -0.3 is 14.5 Å². The lowest BCUT2D eigenvalue weighted by atomic mass is 9.89. The summed E-state index contributed by atoms with van der Waals surface area (Å²) in [5.41, 5.74) is 2.31. The lowest BCUT2D eigenvalue weighted by molar-refractivity contribution is -0.131. The molecule has 4 rings (SSSR count). The summed E-state index contributed by atoms with van der Waals surface area (Å²) < 4.78 is 5.27. The smallest absolute Gasteiger partial charge is 0.222 e. The summed E-state index contributed by atoms with van der Waals surface area (Å²) in [5.74, 6) is 1.75. The van der Waals surface area contributed by atoms with E-state index in [1.165, 1.54) is 5.56 Å². The van der Waals surface area contributed by atoms with Crippen LogP contribution in [0.15, 0.2) is 54.6 Å². The molecule has 0 N–H and O–H groups in total. The Labute approximate surface area is 172 Å². The van der Waals surface area contributed by atoms with Crippen molar-refractivity contribution in [3.8, 4) is 5.75 Å². The molecule has 5 nitrogen and oxygen atoms in total. The fraction of sp³-hybridized carbons (Fsp3) is 0.417. The fourth-order valence-electron chi connectivity index (χ4n) is 4.86. The molecule has 0 radical (unpaired) electrons. The van der Waals surface area contributed by atoms with Crippen molar-refractivity contribution in [2.45, 2.75) is 25.8 Å². The summed E-state index contributed by atoms with van der Waals surface area (Å²) in [6.45, 7) is 3.83. The largest absolute Gasteiger partial charge is 0.497 e. The van der Waals surface area contributed by atoms with Crippen molar-refractivity contribution in [2.24, 2.45) is 11.8 Å². The van der Waals surface area contributed by atoms with E-state index in [2.05, 4.69) is 12.1 Å². The number of likely N-dealkylation sites (tertiary alicyclic amines) is 2. The van der Waals surface area contributed by atoms with Crippen LogP contribution in [0, 0.1) is 11.8 Å². The fourth-order valence-corrected chi connectivity index (χ4v) is 4.86. The van der Waals surface area contributed by atoms with Crippen LogP contribution in [0.1, 0.15) is 30.5 Å². The van der Waals surface area contributed by atoms with Gasteiger partial charge in [-0.3, -0.25) is 9.59 Å². The molecular weight excluding hydrogens is 364 g/mol. The molecule has 2 heterocycles. The quantitative estimate of drug-likeness (QED) is 0.784. The number of fused-ring (bicyclic) bond motifs is 1. The standard InChI is InChI=1S/C24H28N2O3/c1-17(27)26-15-20-14-25(23(28)13-8-18-6-4-3-5-7-18)16-22(20)24(26)19-9-11-21(29-2)12-10-19/h3-7,9-12,20,22,24H,8,13-16H2,1-2H3/t20-,22-,24+/m1/s1. The molecule has 2 aromatic carbocycles. The van der Waals surface area contributed by atoms with Gasteiger partial charge >= 0.3 is 0 Å². The minimum atomic E-state index is 0.0235. The highest BCUT2D eigenvalue weighted by Crippen LogP contribution is 2.45. The zero-order valence-corrected chi connectivity index (χ0v) is 17.1. The molecule has 2 aromatic rings. The van der Waals surface area contributed by atoms with Crippen molar-refractivity contribution in [1.82, 2.24) is 9.80 Å². The second kappa shape index (κ2) is 8.27. The molecular formula is C24H28N2O3. The second-order valence-corrected chi connectivity index (χ2v) is 8.10. The van der Waals surface area contributed by atoms with E-state index < -0.39 is 0 Å². The Kier molecular flexibility index (Phi) is 5.56. The van der Waals surface area contributed by atoms with Crippen LogP contribution >= 0.6 is 0 Å². The second-order valence-electron chi connectivity index (χ2n) is 8.10. The molecule has 152 valence electrons. The van der Waals surface area contributed by atoms with Crippen LogP contribution in [0.2, 0.25) is 0 Å². The number of hydrogen-bond donors (Lipinski definition) is 0. The molecule has 29 heavy (non-hydrogen) atoms. The highest BCUT2D eigenvalue weighted by atomic mass is 16.5. The number of ether oxygens (including phenoxy) is 1. The maximum atomic E-state index is 12.8. The zero-order valence-electron chi connectivity index (χ0n) is 17.1. The predicted octanol–water partition coefficient (Wildman–Crippen LogP) is 3.31. The molecule has 2 fully saturated rings. The van der Waals surface area contributed by atoms with Crippen molar-refractivity contribution >= 4 is 11.8 Å². The number of carbonyl (C=O) groups excluding carboxylic acids is 2. The van der Waals surface area contributed by atoms with E-state index in [9.17, 15) is 9.59 Å². The van der Waals surface area contributed by atoms with Crippen LogP contribution in [0.25, 0.3) is 0 Å². The Hall–Kier alpha value is -2.82. The van der Waals surface area contributed by atoms with Gasteiger partial charge in [0.05, 0.1) is 13.2 Å². The van der Waals surface area contributed by atoms with Crippen LogP contribution in [-0.2, 0) is 16.0 Å². The summed E-state index contributed by atoms with van der Waals surface area (Å²) in [6, 6.07) is 18.1. The van der Waals surface area contributed by atoms with Crippen molar-refractivity contribution < 1.29 is 14.3 Å². The van der Waals surface area contributed by atoms with Gasteiger partial charge in [0.1, 0.15) is 5.75 Å². The van der Waals surface area contributed by atoms with Gasteiger partial charge in [0.15, 0.2) is 0 Å². The van der Waals surface area contributed by atoms with Crippen LogP contribution in [0.4, 0.5) is 0 Å². The molecule has 2 saturated heterocycles. The van der Waals surface area contributed by atoms with Crippen molar-refractivity contribution in [1.29, 1.82) is 0 Å². The van der Waals surface area contributed by atoms with Crippen LogP contribution < -0.4 is 4.74 Å². The SMILES string of the molecule is COc1ccc([C@H]2[C@@H]3CN(C(=O)CCc4ccccc4)C[C@@H]3CN2C(C)=O)cc1. The lowest BCUT2D eigenvalue weighted by Gasteiger charge is -2.29. The van der Waals surface area contributed by atoms with E-state index in [0.717, 1.165) is 37.4 Å². The number of benzene rings is 2. The summed E-state index contributed by atoms with van der Waals surface area (Å²) in [6.07, 6.45) is 1.31. The summed E-state index contributed by atoms with van der Waals surface area (Å²) in [7, 11) is 1.65. The van der Waals surface area contributed by atoms with Gasteiger partial charge in [-0.25, -0.2) is 0 Å². The Balaban J connectivity index is 1.46. The van der Waals surface area contributed by atoms with E-state index in [4.69, 9.17) is 4.74 Å². The van der Waals surface area contributed by atoms with Crippen molar-refractivity contribution in [2.75, 3.05) is 26.7 Å². The topological polar surface area (TPSA) is 49.9 Å². The predicted molar refractivity (Wildman–Crippen MR) is 111 cm³/mol. The van der Waals surface area contributed by atoms with Gasteiger partial charge in [-0.2, -0.15) is 0 Å². The molecule has 0 bridgehead atoms. The number of rotatable bonds is 5. The van der Waals surface area contributed by atoms with Gasteiger partial charge in [0.25, 0.3) is 0 Å². The highest BCUT2D eigenvalue weighted by molar-refractivity contribution is 5.77. The molecule has 2 aliphatic heterocycles. The van der Waals surface area contributed by atoms with Crippen LogP contribution in [-0.4, -0.2) is 48.4 Å². The molecule has 0 aliphatic carbocycles. The normalized spacial score (nSPS) is 23.2. The first-order chi connectivity index (χ1) is 14.1. The maximum absolute atomic E-state index is 12.8. The summed E-state index contributed by atoms with van der Waals surface area (Å²) in [5, 5.41) is 0. The van der Waals surface area contributed by atoms with E-state index in [1.54, 1.807) is 14.0 Å². The third kappa shape index (κ3) is 4.00. The monoisotopic (exact) mass is 392 g/mol. The number of carbonyl (C=O) groups is 2. The summed E-state index contributed by atoms with van der Waals surface area (Å²) >= 11 is 0. The van der Waals surface area contributed by atoms with E-state index in [1.807, 2.05) is 52.3 Å². The minimum absolute atomic E-state index is 0.0235. The third-order valence-electron chi connectivity index (χ3n) is 6.35. The molecule has 0 unspecified atom stereocenters. The molecule has 0 spiro atoms. The Morgan fingerprint density at radius 3 is 2.38 bits per heavy atom.